The molecule has 1 unspecified atom stereocenters. The van der Waals surface area contributed by atoms with Crippen LogP contribution >= 0.6 is 11.6 Å². The lowest BCUT2D eigenvalue weighted by atomic mass is 9.80. The summed E-state index contributed by atoms with van der Waals surface area (Å²) in [6.07, 6.45) is 0. The Morgan fingerprint density at radius 2 is 1.86 bits per heavy atom. The predicted molar refractivity (Wildman–Crippen MR) is 77.4 cm³/mol. The molecular formula is C16H13ClO4. The Hall–Kier alpha value is -1.72. The number of rotatable bonds is 3. The average molecular weight is 305 g/mol. The molecule has 2 aromatic carbocycles. The number of ketones is 1. The molecule has 0 aromatic heterocycles. The molecule has 21 heavy (non-hydrogen) atoms. The number of carbonyl (C=O) groups is 1. The van der Waals surface area contributed by atoms with E-state index in [2.05, 4.69) is 0 Å². The highest BCUT2D eigenvalue weighted by Crippen LogP contribution is 2.43. The van der Waals surface area contributed by atoms with Crippen LogP contribution < -0.4 is 0 Å². The quantitative estimate of drug-likeness (QED) is 0.534. The molecule has 0 saturated heterocycles. The second-order valence-corrected chi connectivity index (χ2v) is 5.14. The van der Waals surface area contributed by atoms with Gasteiger partial charge in [-0.05, 0) is 19.1 Å². The van der Waals surface area contributed by atoms with E-state index in [0.717, 1.165) is 0 Å². The summed E-state index contributed by atoms with van der Waals surface area (Å²) >= 11 is 5.99. The first-order chi connectivity index (χ1) is 10.1. The van der Waals surface area contributed by atoms with Gasteiger partial charge in [-0.1, -0.05) is 41.9 Å². The van der Waals surface area contributed by atoms with E-state index >= 15 is 0 Å². The van der Waals surface area contributed by atoms with Crippen LogP contribution in [0.5, 0.6) is 0 Å². The monoisotopic (exact) mass is 304 g/mol. The standard InChI is InChI=1S/C16H13ClO4/c1-2-20-16(21-19)13-6-4-3-5-11(13)15(18)12-9-10(17)7-8-14(12)16/h3-9,19H,2H2,1H3. The maximum Gasteiger partial charge on any atom is 0.255 e. The molecule has 0 bridgehead atoms. The van der Waals surface area contributed by atoms with Crippen molar-refractivity contribution in [1.82, 2.24) is 0 Å². The molecule has 0 radical (unpaired) electrons. The van der Waals surface area contributed by atoms with Crippen LogP contribution in [0.25, 0.3) is 0 Å². The Balaban J connectivity index is 2.36. The Kier molecular flexibility index (Phi) is 3.55. The second kappa shape index (κ2) is 5.24. The van der Waals surface area contributed by atoms with E-state index in [0.29, 0.717) is 33.9 Å². The number of hydrogen-bond acceptors (Lipinski definition) is 4. The molecule has 1 atom stereocenters. The molecule has 1 aliphatic carbocycles. The number of carbonyl (C=O) groups excluding carboxylic acids is 1. The summed E-state index contributed by atoms with van der Waals surface area (Å²) in [6.45, 7) is 2.08. The van der Waals surface area contributed by atoms with Gasteiger partial charge in [0.1, 0.15) is 0 Å². The molecule has 4 nitrogen and oxygen atoms in total. The summed E-state index contributed by atoms with van der Waals surface area (Å²) in [4.78, 5) is 17.4. The largest absolute Gasteiger partial charge is 0.340 e. The average Bonchev–Trinajstić information content (AvgIpc) is 2.51. The zero-order chi connectivity index (χ0) is 15.0. The number of fused-ring (bicyclic) bond motifs is 2. The van der Waals surface area contributed by atoms with Crippen LogP contribution in [0.1, 0.15) is 34.0 Å². The Morgan fingerprint density at radius 1 is 1.14 bits per heavy atom. The number of halogens is 1. The minimum Gasteiger partial charge on any atom is -0.340 e. The molecule has 0 spiro atoms. The first-order valence-corrected chi connectivity index (χ1v) is 6.92. The molecule has 0 heterocycles. The fourth-order valence-corrected chi connectivity index (χ4v) is 2.91. The number of hydrogen-bond donors (Lipinski definition) is 1. The van der Waals surface area contributed by atoms with Crippen LogP contribution in [0, 0.1) is 0 Å². The number of ether oxygens (including phenoxy) is 1. The van der Waals surface area contributed by atoms with Gasteiger partial charge in [-0.2, -0.15) is 4.89 Å². The highest BCUT2D eigenvalue weighted by molar-refractivity contribution is 6.31. The van der Waals surface area contributed by atoms with Gasteiger partial charge in [0.05, 0.1) is 0 Å². The van der Waals surface area contributed by atoms with Crippen molar-refractivity contribution >= 4 is 17.4 Å². The van der Waals surface area contributed by atoms with E-state index in [9.17, 15) is 10.1 Å². The third kappa shape index (κ3) is 2.00. The smallest absolute Gasteiger partial charge is 0.255 e. The Bertz CT molecular complexity index is 713. The molecule has 3 rings (SSSR count). The summed E-state index contributed by atoms with van der Waals surface area (Å²) in [5, 5.41) is 9.99. The lowest BCUT2D eigenvalue weighted by Gasteiger charge is -2.36. The van der Waals surface area contributed by atoms with Crippen LogP contribution in [0.4, 0.5) is 0 Å². The molecule has 0 fully saturated rings. The molecule has 1 aliphatic rings. The first-order valence-electron chi connectivity index (χ1n) is 6.55. The van der Waals surface area contributed by atoms with Gasteiger partial charge in [-0.25, -0.2) is 5.26 Å². The molecule has 5 heteroatoms. The summed E-state index contributed by atoms with van der Waals surface area (Å²) < 4.78 is 5.69. The Labute approximate surface area is 126 Å². The lowest BCUT2D eigenvalue weighted by molar-refractivity contribution is -0.395. The number of benzene rings is 2. The van der Waals surface area contributed by atoms with E-state index in [1.54, 1.807) is 49.4 Å². The van der Waals surface area contributed by atoms with E-state index in [-0.39, 0.29) is 5.78 Å². The van der Waals surface area contributed by atoms with Crippen LogP contribution in [0.2, 0.25) is 5.02 Å². The van der Waals surface area contributed by atoms with Crippen molar-refractivity contribution in [3.05, 3.63) is 69.7 Å². The van der Waals surface area contributed by atoms with Crippen molar-refractivity contribution in [1.29, 1.82) is 0 Å². The molecule has 0 saturated carbocycles. The zero-order valence-corrected chi connectivity index (χ0v) is 12.1. The third-order valence-electron chi connectivity index (χ3n) is 3.58. The van der Waals surface area contributed by atoms with Crippen LogP contribution in [0.3, 0.4) is 0 Å². The van der Waals surface area contributed by atoms with Gasteiger partial charge in [-0.15, -0.1) is 0 Å². The summed E-state index contributed by atoms with van der Waals surface area (Å²) in [6, 6.07) is 11.7. The van der Waals surface area contributed by atoms with Crippen molar-refractivity contribution in [2.24, 2.45) is 0 Å². The molecule has 0 aliphatic heterocycles. The van der Waals surface area contributed by atoms with Gasteiger partial charge in [-0.3, -0.25) is 4.79 Å². The molecule has 108 valence electrons. The van der Waals surface area contributed by atoms with Gasteiger partial charge in [0, 0.05) is 33.9 Å². The van der Waals surface area contributed by atoms with Crippen LogP contribution in [0.15, 0.2) is 42.5 Å². The van der Waals surface area contributed by atoms with Gasteiger partial charge < -0.3 is 4.74 Å². The van der Waals surface area contributed by atoms with Crippen molar-refractivity contribution < 1.29 is 19.7 Å². The summed E-state index contributed by atoms with van der Waals surface area (Å²) in [7, 11) is 0. The fourth-order valence-electron chi connectivity index (χ4n) is 2.73. The minimum atomic E-state index is -1.51. The van der Waals surface area contributed by atoms with Crippen molar-refractivity contribution in [2.45, 2.75) is 12.7 Å². The summed E-state index contributed by atoms with van der Waals surface area (Å²) in [5.41, 5.74) is 1.72. The van der Waals surface area contributed by atoms with Crippen molar-refractivity contribution in [3.63, 3.8) is 0 Å². The SMILES string of the molecule is CCOC1(OO)c2ccccc2C(=O)c2cc(Cl)ccc21. The zero-order valence-electron chi connectivity index (χ0n) is 11.3. The van der Waals surface area contributed by atoms with Gasteiger partial charge in [0.25, 0.3) is 5.79 Å². The van der Waals surface area contributed by atoms with Crippen LogP contribution in [-0.4, -0.2) is 17.6 Å². The highest BCUT2D eigenvalue weighted by Gasteiger charge is 2.46. The molecule has 1 N–H and O–H groups in total. The maximum absolute atomic E-state index is 12.6. The van der Waals surface area contributed by atoms with E-state index in [1.807, 2.05) is 0 Å². The normalized spacial score (nSPS) is 20.0. The van der Waals surface area contributed by atoms with Crippen molar-refractivity contribution in [2.75, 3.05) is 6.61 Å². The van der Waals surface area contributed by atoms with E-state index in [4.69, 9.17) is 21.2 Å². The van der Waals surface area contributed by atoms with Crippen LogP contribution in [-0.2, 0) is 15.4 Å². The topological polar surface area (TPSA) is 55.8 Å². The van der Waals surface area contributed by atoms with E-state index in [1.165, 1.54) is 0 Å². The maximum atomic E-state index is 12.6. The molecule has 0 amide bonds. The van der Waals surface area contributed by atoms with E-state index < -0.39 is 5.79 Å². The molecular weight excluding hydrogens is 292 g/mol. The highest BCUT2D eigenvalue weighted by atomic mass is 35.5. The predicted octanol–water partition coefficient (Wildman–Crippen LogP) is 3.61. The molecule has 2 aromatic rings. The van der Waals surface area contributed by atoms with Gasteiger partial charge >= 0.3 is 0 Å². The lowest BCUT2D eigenvalue weighted by Crippen LogP contribution is -2.40. The van der Waals surface area contributed by atoms with Gasteiger partial charge in [0.2, 0.25) is 0 Å². The third-order valence-corrected chi connectivity index (χ3v) is 3.82. The Morgan fingerprint density at radius 3 is 2.57 bits per heavy atom. The van der Waals surface area contributed by atoms with Gasteiger partial charge in [0.15, 0.2) is 5.78 Å². The summed E-state index contributed by atoms with van der Waals surface area (Å²) in [5.74, 6) is -1.69. The first kappa shape index (κ1) is 14.2. The second-order valence-electron chi connectivity index (χ2n) is 4.71. The minimum absolute atomic E-state index is 0.171. The fraction of sp³-hybridized carbons (Fsp3) is 0.188. The van der Waals surface area contributed by atoms with Crippen molar-refractivity contribution in [3.8, 4) is 0 Å².